The highest BCUT2D eigenvalue weighted by atomic mass is 16.4. The number of carbonyl (C=O) groups is 3. The number of likely N-dealkylation sites (N-methyl/N-ethyl adjacent to an activating group) is 1. The molecule has 2 unspecified atom stereocenters. The summed E-state index contributed by atoms with van der Waals surface area (Å²) < 4.78 is 0. The van der Waals surface area contributed by atoms with Crippen molar-refractivity contribution in [3.05, 3.63) is 0 Å². The number of carboxylic acids is 1. The van der Waals surface area contributed by atoms with E-state index < -0.39 is 24.1 Å². The van der Waals surface area contributed by atoms with Gasteiger partial charge in [-0.2, -0.15) is 0 Å². The van der Waals surface area contributed by atoms with Crippen molar-refractivity contribution in [2.75, 3.05) is 13.6 Å². The molecule has 0 spiro atoms. The number of hydrogen-bond donors (Lipinski definition) is 3. The van der Waals surface area contributed by atoms with E-state index in [1.54, 1.807) is 0 Å². The molecule has 0 aromatic rings. The third kappa shape index (κ3) is 4.91. The number of nitrogens with one attached hydrogen (secondary N) is 2. The van der Waals surface area contributed by atoms with E-state index in [0.717, 1.165) is 25.7 Å². The molecular weight excluding hydrogens is 274 g/mol. The van der Waals surface area contributed by atoms with E-state index in [4.69, 9.17) is 5.11 Å². The number of amides is 3. The number of likely N-dealkylation sites (tertiary alicyclic amines) is 1. The molecular formula is C14H25N3O4. The zero-order valence-corrected chi connectivity index (χ0v) is 12.7. The minimum Gasteiger partial charge on any atom is -0.480 e. The summed E-state index contributed by atoms with van der Waals surface area (Å²) in [5.41, 5.74) is 0. The molecule has 3 amide bonds. The molecule has 0 radical (unpaired) electrons. The lowest BCUT2D eigenvalue weighted by molar-refractivity contribution is -0.139. The fourth-order valence-electron chi connectivity index (χ4n) is 2.51. The maximum Gasteiger partial charge on any atom is 0.326 e. The molecule has 0 saturated carbocycles. The van der Waals surface area contributed by atoms with Gasteiger partial charge in [-0.1, -0.05) is 19.8 Å². The number of rotatable bonds is 6. The standard InChI is InChI=1S/C14H25N3O4/c1-3-4-7-10(13(19)20)16-14(21)17-9-6-5-8-11(17)12(18)15-2/h10-11H,3-9H2,1-2H3,(H,15,18)(H,16,21)(H,19,20). The van der Waals surface area contributed by atoms with Crippen molar-refractivity contribution < 1.29 is 19.5 Å². The molecule has 21 heavy (non-hydrogen) atoms. The molecule has 0 aliphatic carbocycles. The second-order valence-electron chi connectivity index (χ2n) is 5.30. The highest BCUT2D eigenvalue weighted by molar-refractivity contribution is 5.88. The highest BCUT2D eigenvalue weighted by Gasteiger charge is 2.33. The molecule has 3 N–H and O–H groups in total. The molecule has 0 bridgehead atoms. The van der Waals surface area contributed by atoms with Crippen LogP contribution in [-0.2, 0) is 9.59 Å². The summed E-state index contributed by atoms with van der Waals surface area (Å²) in [4.78, 5) is 36.7. The van der Waals surface area contributed by atoms with Gasteiger partial charge in [-0.15, -0.1) is 0 Å². The van der Waals surface area contributed by atoms with Crippen LogP contribution in [0, 0.1) is 0 Å². The third-order valence-corrected chi connectivity index (χ3v) is 3.75. The van der Waals surface area contributed by atoms with Crippen LogP contribution >= 0.6 is 0 Å². The summed E-state index contributed by atoms with van der Waals surface area (Å²) >= 11 is 0. The van der Waals surface area contributed by atoms with Gasteiger partial charge in [-0.25, -0.2) is 9.59 Å². The second kappa shape index (κ2) is 8.49. The number of nitrogens with zero attached hydrogens (tertiary/aromatic N) is 1. The van der Waals surface area contributed by atoms with E-state index in [9.17, 15) is 14.4 Å². The summed E-state index contributed by atoms with van der Waals surface area (Å²) in [6, 6.07) is -1.87. The summed E-state index contributed by atoms with van der Waals surface area (Å²) in [6.07, 6.45) is 4.32. The number of carboxylic acid groups (broad SMARTS) is 1. The summed E-state index contributed by atoms with van der Waals surface area (Å²) in [7, 11) is 1.54. The van der Waals surface area contributed by atoms with Gasteiger partial charge >= 0.3 is 12.0 Å². The van der Waals surface area contributed by atoms with Gasteiger partial charge in [0.15, 0.2) is 0 Å². The van der Waals surface area contributed by atoms with E-state index in [1.807, 2.05) is 6.92 Å². The van der Waals surface area contributed by atoms with Gasteiger partial charge in [0, 0.05) is 13.6 Å². The normalized spacial score (nSPS) is 19.7. The Morgan fingerprint density at radius 3 is 2.62 bits per heavy atom. The first-order valence-electron chi connectivity index (χ1n) is 7.52. The highest BCUT2D eigenvalue weighted by Crippen LogP contribution is 2.17. The Morgan fingerprint density at radius 2 is 2.05 bits per heavy atom. The molecule has 0 aromatic carbocycles. The lowest BCUT2D eigenvalue weighted by atomic mass is 10.0. The van der Waals surface area contributed by atoms with Crippen LogP contribution in [0.2, 0.25) is 0 Å². The fourth-order valence-corrected chi connectivity index (χ4v) is 2.51. The Bertz CT molecular complexity index is 386. The second-order valence-corrected chi connectivity index (χ2v) is 5.30. The number of urea groups is 1. The van der Waals surface area contributed by atoms with E-state index in [2.05, 4.69) is 10.6 Å². The monoisotopic (exact) mass is 299 g/mol. The van der Waals surface area contributed by atoms with Crippen LogP contribution < -0.4 is 10.6 Å². The van der Waals surface area contributed by atoms with Crippen molar-refractivity contribution >= 4 is 17.9 Å². The lowest BCUT2D eigenvalue weighted by Crippen LogP contribution is -2.56. The Labute approximate surface area is 125 Å². The molecule has 1 saturated heterocycles. The molecule has 7 nitrogen and oxygen atoms in total. The van der Waals surface area contributed by atoms with Crippen molar-refractivity contribution in [2.45, 2.75) is 57.5 Å². The number of piperidine rings is 1. The van der Waals surface area contributed by atoms with Gasteiger partial charge in [0.1, 0.15) is 12.1 Å². The molecule has 1 fully saturated rings. The molecule has 2 atom stereocenters. The zero-order chi connectivity index (χ0) is 15.8. The van der Waals surface area contributed by atoms with Crippen LogP contribution in [0.4, 0.5) is 4.79 Å². The van der Waals surface area contributed by atoms with E-state index in [1.165, 1.54) is 11.9 Å². The molecule has 120 valence electrons. The molecule has 1 heterocycles. The zero-order valence-electron chi connectivity index (χ0n) is 12.7. The third-order valence-electron chi connectivity index (χ3n) is 3.75. The van der Waals surface area contributed by atoms with Crippen LogP contribution in [0.5, 0.6) is 0 Å². The van der Waals surface area contributed by atoms with Crippen molar-refractivity contribution in [1.29, 1.82) is 0 Å². The maximum absolute atomic E-state index is 12.3. The summed E-state index contributed by atoms with van der Waals surface area (Å²) in [5.74, 6) is -1.24. The van der Waals surface area contributed by atoms with E-state index in [-0.39, 0.29) is 5.91 Å². The smallest absolute Gasteiger partial charge is 0.326 e. The van der Waals surface area contributed by atoms with Crippen molar-refractivity contribution in [3.8, 4) is 0 Å². The Hall–Kier alpha value is -1.79. The number of unbranched alkanes of at least 4 members (excludes halogenated alkanes) is 1. The Balaban J connectivity index is 2.69. The van der Waals surface area contributed by atoms with Gasteiger partial charge in [0.25, 0.3) is 0 Å². The van der Waals surface area contributed by atoms with Gasteiger partial charge in [0.05, 0.1) is 0 Å². The van der Waals surface area contributed by atoms with Gasteiger partial charge < -0.3 is 20.6 Å². The first-order valence-corrected chi connectivity index (χ1v) is 7.52. The van der Waals surface area contributed by atoms with Crippen LogP contribution in [-0.4, -0.2) is 53.6 Å². The predicted molar refractivity (Wildman–Crippen MR) is 77.9 cm³/mol. The van der Waals surface area contributed by atoms with Gasteiger partial charge in [-0.3, -0.25) is 4.79 Å². The fraction of sp³-hybridized carbons (Fsp3) is 0.786. The van der Waals surface area contributed by atoms with Crippen LogP contribution in [0.1, 0.15) is 45.4 Å². The van der Waals surface area contributed by atoms with Crippen LogP contribution in [0.25, 0.3) is 0 Å². The molecule has 1 rings (SSSR count). The quantitative estimate of drug-likeness (QED) is 0.679. The summed E-state index contributed by atoms with van der Waals surface area (Å²) in [5, 5.41) is 14.2. The molecule has 1 aliphatic heterocycles. The Kier molecular flexibility index (Phi) is 6.98. The lowest BCUT2D eigenvalue weighted by Gasteiger charge is -2.35. The van der Waals surface area contributed by atoms with Crippen LogP contribution in [0.15, 0.2) is 0 Å². The SMILES string of the molecule is CCCCC(NC(=O)N1CCCCC1C(=O)NC)C(=O)O. The predicted octanol–water partition coefficient (Wildman–Crippen LogP) is 0.940. The minimum absolute atomic E-state index is 0.203. The molecule has 0 aromatic heterocycles. The average molecular weight is 299 g/mol. The van der Waals surface area contributed by atoms with E-state index in [0.29, 0.717) is 19.4 Å². The first kappa shape index (κ1) is 17.3. The number of carbonyl (C=O) groups excluding carboxylic acids is 2. The largest absolute Gasteiger partial charge is 0.480 e. The van der Waals surface area contributed by atoms with Gasteiger partial charge in [-0.05, 0) is 25.7 Å². The summed E-state index contributed by atoms with van der Waals surface area (Å²) in [6.45, 7) is 2.44. The topological polar surface area (TPSA) is 98.7 Å². The van der Waals surface area contributed by atoms with Crippen molar-refractivity contribution in [3.63, 3.8) is 0 Å². The molecule has 1 aliphatic rings. The first-order chi connectivity index (χ1) is 10.0. The van der Waals surface area contributed by atoms with Gasteiger partial charge in [0.2, 0.25) is 5.91 Å². The average Bonchev–Trinajstić information content (AvgIpc) is 2.50. The Morgan fingerprint density at radius 1 is 1.33 bits per heavy atom. The van der Waals surface area contributed by atoms with Crippen molar-refractivity contribution in [2.24, 2.45) is 0 Å². The van der Waals surface area contributed by atoms with Crippen LogP contribution in [0.3, 0.4) is 0 Å². The maximum atomic E-state index is 12.3. The number of aliphatic carboxylic acids is 1. The number of hydrogen-bond acceptors (Lipinski definition) is 3. The molecule has 7 heteroatoms. The minimum atomic E-state index is -1.04. The van der Waals surface area contributed by atoms with Crippen molar-refractivity contribution in [1.82, 2.24) is 15.5 Å². The van der Waals surface area contributed by atoms with E-state index >= 15 is 0 Å².